The van der Waals surface area contributed by atoms with Gasteiger partial charge in [0.05, 0.1) is 5.69 Å². The van der Waals surface area contributed by atoms with Gasteiger partial charge in [-0.05, 0) is 12.8 Å². The molecule has 6 nitrogen and oxygen atoms in total. The summed E-state index contributed by atoms with van der Waals surface area (Å²) in [7, 11) is 0. The van der Waals surface area contributed by atoms with Crippen LogP contribution in [0.4, 0.5) is 0 Å². The molecule has 0 saturated carbocycles. The number of hydrogen-bond donors (Lipinski definition) is 1. The smallest absolute Gasteiger partial charge is 0.223 e. The van der Waals surface area contributed by atoms with Gasteiger partial charge >= 0.3 is 0 Å². The fourth-order valence-electron chi connectivity index (χ4n) is 2.44. The summed E-state index contributed by atoms with van der Waals surface area (Å²) < 4.78 is 5.11. The summed E-state index contributed by atoms with van der Waals surface area (Å²) in [5, 5.41) is 2.93. The summed E-state index contributed by atoms with van der Waals surface area (Å²) in [6.45, 7) is 5.29. The van der Waals surface area contributed by atoms with Crippen molar-refractivity contribution in [3.63, 3.8) is 0 Å². The minimum absolute atomic E-state index is 0.0182. The van der Waals surface area contributed by atoms with Crippen molar-refractivity contribution in [3.8, 4) is 0 Å². The lowest BCUT2D eigenvalue weighted by atomic mass is 9.96. The first-order valence-electron chi connectivity index (χ1n) is 7.00. The Morgan fingerprint density at radius 2 is 2.15 bits per heavy atom. The van der Waals surface area contributed by atoms with Crippen LogP contribution >= 0.6 is 0 Å². The molecule has 6 heteroatoms. The van der Waals surface area contributed by atoms with E-state index < -0.39 is 0 Å². The van der Waals surface area contributed by atoms with Gasteiger partial charge in [-0.25, -0.2) is 4.98 Å². The van der Waals surface area contributed by atoms with Crippen molar-refractivity contribution in [2.75, 3.05) is 19.6 Å². The average Bonchev–Trinajstić information content (AvgIpc) is 2.84. The number of aromatic nitrogens is 1. The lowest BCUT2D eigenvalue weighted by Crippen LogP contribution is -2.42. The van der Waals surface area contributed by atoms with E-state index in [9.17, 15) is 9.59 Å². The van der Waals surface area contributed by atoms with Crippen LogP contribution in [0.25, 0.3) is 0 Å². The third-order valence-electron chi connectivity index (χ3n) is 3.66. The number of carbonyl (C=O) groups excluding carboxylic acids is 2. The Morgan fingerprint density at radius 1 is 1.45 bits per heavy atom. The zero-order valence-electron chi connectivity index (χ0n) is 12.0. The number of amides is 2. The maximum absolute atomic E-state index is 12.0. The Kier molecular flexibility index (Phi) is 4.76. The molecule has 0 radical (unpaired) electrons. The Bertz CT molecular complexity index is 476. The van der Waals surface area contributed by atoms with Crippen molar-refractivity contribution in [3.05, 3.63) is 17.8 Å². The van der Waals surface area contributed by atoms with E-state index in [1.807, 2.05) is 0 Å². The number of hydrogen-bond acceptors (Lipinski definition) is 4. The zero-order valence-corrected chi connectivity index (χ0v) is 12.0. The van der Waals surface area contributed by atoms with Gasteiger partial charge in [0.2, 0.25) is 11.8 Å². The van der Waals surface area contributed by atoms with Gasteiger partial charge in [0.15, 0.2) is 5.89 Å². The molecule has 1 aromatic rings. The lowest BCUT2D eigenvalue weighted by Gasteiger charge is -2.30. The quantitative estimate of drug-likeness (QED) is 0.888. The monoisotopic (exact) mass is 279 g/mol. The molecule has 1 aromatic heterocycles. The highest BCUT2D eigenvalue weighted by Crippen LogP contribution is 2.17. The number of nitrogens with zero attached hydrogens (tertiary/aromatic N) is 2. The van der Waals surface area contributed by atoms with Gasteiger partial charge in [-0.2, -0.15) is 0 Å². The van der Waals surface area contributed by atoms with E-state index in [1.54, 1.807) is 25.0 Å². The molecule has 0 atom stereocenters. The van der Waals surface area contributed by atoms with E-state index in [1.165, 1.54) is 0 Å². The summed E-state index contributed by atoms with van der Waals surface area (Å²) in [5.41, 5.74) is 0.856. The van der Waals surface area contributed by atoms with E-state index in [0.717, 1.165) is 18.5 Å². The molecule has 1 aliphatic heterocycles. The van der Waals surface area contributed by atoms with Crippen molar-refractivity contribution in [2.45, 2.75) is 33.1 Å². The van der Waals surface area contributed by atoms with Crippen LogP contribution in [0.15, 0.2) is 10.7 Å². The predicted molar refractivity (Wildman–Crippen MR) is 72.9 cm³/mol. The largest absolute Gasteiger partial charge is 0.449 e. The van der Waals surface area contributed by atoms with Crippen molar-refractivity contribution >= 4 is 11.8 Å². The zero-order chi connectivity index (χ0) is 14.5. The van der Waals surface area contributed by atoms with E-state index in [-0.39, 0.29) is 17.7 Å². The van der Waals surface area contributed by atoms with E-state index in [4.69, 9.17) is 4.42 Å². The van der Waals surface area contributed by atoms with Crippen LogP contribution < -0.4 is 5.32 Å². The van der Waals surface area contributed by atoms with Gasteiger partial charge in [0.1, 0.15) is 6.26 Å². The molecule has 0 aromatic carbocycles. The van der Waals surface area contributed by atoms with Gasteiger partial charge in [-0.3, -0.25) is 9.59 Å². The minimum atomic E-state index is 0.0182. The predicted octanol–water partition coefficient (Wildman–Crippen LogP) is 0.900. The highest BCUT2D eigenvalue weighted by atomic mass is 16.3. The number of rotatable bonds is 4. The second-order valence-corrected chi connectivity index (χ2v) is 5.18. The molecule has 0 bridgehead atoms. The summed E-state index contributed by atoms with van der Waals surface area (Å²) in [5.74, 6) is 0.825. The molecule has 1 N–H and O–H groups in total. The van der Waals surface area contributed by atoms with E-state index in [2.05, 4.69) is 10.3 Å². The normalized spacial score (nSPS) is 16.2. The molecular weight excluding hydrogens is 258 g/mol. The molecule has 1 saturated heterocycles. The van der Waals surface area contributed by atoms with E-state index >= 15 is 0 Å². The fourth-order valence-corrected chi connectivity index (χ4v) is 2.44. The van der Waals surface area contributed by atoms with Crippen LogP contribution in [-0.4, -0.2) is 41.3 Å². The molecular formula is C14H21N3O3. The summed E-state index contributed by atoms with van der Waals surface area (Å²) in [6, 6.07) is 0. The average molecular weight is 279 g/mol. The summed E-state index contributed by atoms with van der Waals surface area (Å²) in [4.78, 5) is 29.2. The van der Waals surface area contributed by atoms with Gasteiger partial charge in [0.25, 0.3) is 0 Å². The Balaban J connectivity index is 1.69. The SMILES string of the molecule is CC(=O)N1CCC(C(=O)NCCc2coc(C)n2)CC1. The Labute approximate surface area is 118 Å². The first-order valence-corrected chi connectivity index (χ1v) is 7.00. The van der Waals surface area contributed by atoms with Crippen LogP contribution in [0.2, 0.25) is 0 Å². The molecule has 2 rings (SSSR count). The fraction of sp³-hybridized carbons (Fsp3) is 0.643. The molecule has 2 heterocycles. The molecule has 0 aliphatic carbocycles. The van der Waals surface area contributed by atoms with Crippen LogP contribution in [0.5, 0.6) is 0 Å². The molecule has 0 unspecified atom stereocenters. The molecule has 110 valence electrons. The summed E-state index contributed by atoms with van der Waals surface area (Å²) >= 11 is 0. The van der Waals surface area contributed by atoms with Crippen LogP contribution in [0.1, 0.15) is 31.4 Å². The first-order chi connectivity index (χ1) is 9.56. The summed E-state index contributed by atoms with van der Waals surface area (Å²) in [6.07, 6.45) is 3.78. The second-order valence-electron chi connectivity index (χ2n) is 5.18. The topological polar surface area (TPSA) is 75.4 Å². The molecule has 1 fully saturated rings. The Hall–Kier alpha value is -1.85. The van der Waals surface area contributed by atoms with E-state index in [0.29, 0.717) is 31.9 Å². The maximum atomic E-state index is 12.0. The molecule has 20 heavy (non-hydrogen) atoms. The highest BCUT2D eigenvalue weighted by Gasteiger charge is 2.25. The first kappa shape index (κ1) is 14.6. The number of piperidine rings is 1. The van der Waals surface area contributed by atoms with Gasteiger partial charge in [-0.1, -0.05) is 0 Å². The molecule has 1 aliphatic rings. The second kappa shape index (κ2) is 6.54. The number of aryl methyl sites for hydroxylation is 1. The standard InChI is InChI=1S/C14H21N3O3/c1-10-16-13(9-20-10)3-6-15-14(19)12-4-7-17(8-5-12)11(2)18/h9,12H,3-8H2,1-2H3,(H,15,19). The minimum Gasteiger partial charge on any atom is -0.449 e. The Morgan fingerprint density at radius 3 is 2.70 bits per heavy atom. The lowest BCUT2D eigenvalue weighted by molar-refractivity contribution is -0.133. The number of nitrogens with one attached hydrogen (secondary N) is 1. The highest BCUT2D eigenvalue weighted by molar-refractivity contribution is 5.79. The molecule has 2 amide bonds. The molecule has 0 spiro atoms. The third-order valence-corrected chi connectivity index (χ3v) is 3.66. The van der Waals surface area contributed by atoms with Gasteiger partial charge in [0, 0.05) is 45.8 Å². The van der Waals surface area contributed by atoms with Crippen LogP contribution in [-0.2, 0) is 16.0 Å². The van der Waals surface area contributed by atoms with Crippen molar-refractivity contribution in [2.24, 2.45) is 5.92 Å². The number of likely N-dealkylation sites (tertiary alicyclic amines) is 1. The number of carbonyl (C=O) groups is 2. The van der Waals surface area contributed by atoms with Crippen LogP contribution in [0.3, 0.4) is 0 Å². The maximum Gasteiger partial charge on any atom is 0.223 e. The van der Waals surface area contributed by atoms with Crippen molar-refractivity contribution < 1.29 is 14.0 Å². The third kappa shape index (κ3) is 3.82. The van der Waals surface area contributed by atoms with Gasteiger partial charge in [-0.15, -0.1) is 0 Å². The van der Waals surface area contributed by atoms with Crippen LogP contribution in [0, 0.1) is 12.8 Å². The van der Waals surface area contributed by atoms with Crippen molar-refractivity contribution in [1.82, 2.24) is 15.2 Å². The van der Waals surface area contributed by atoms with Gasteiger partial charge < -0.3 is 14.6 Å². The number of oxazole rings is 1. The van der Waals surface area contributed by atoms with Crippen molar-refractivity contribution in [1.29, 1.82) is 0 Å².